The van der Waals surface area contributed by atoms with E-state index < -0.39 is 5.97 Å². The Morgan fingerprint density at radius 3 is 2.88 bits per heavy atom. The number of amides is 1. The topological polar surface area (TPSA) is 68.7 Å². The summed E-state index contributed by atoms with van der Waals surface area (Å²) in [6, 6.07) is 7.44. The van der Waals surface area contributed by atoms with Crippen molar-refractivity contribution in [3.63, 3.8) is 0 Å². The number of carbonyl (C=O) groups excluding carboxylic acids is 2. The Labute approximate surface area is 146 Å². The molecule has 0 radical (unpaired) electrons. The van der Waals surface area contributed by atoms with E-state index in [0.717, 1.165) is 22.2 Å². The average Bonchev–Trinajstić information content (AvgIpc) is 2.59. The Kier molecular flexibility index (Phi) is 4.99. The molecule has 6 heteroatoms. The van der Waals surface area contributed by atoms with Gasteiger partial charge in [0.25, 0.3) is 5.91 Å². The highest BCUT2D eigenvalue weighted by atomic mass is 16.5. The van der Waals surface area contributed by atoms with Crippen molar-refractivity contribution in [2.75, 3.05) is 26.3 Å². The van der Waals surface area contributed by atoms with Crippen molar-refractivity contribution >= 4 is 22.8 Å². The minimum absolute atomic E-state index is 0.00293. The number of carbonyl (C=O) groups is 2. The largest absolute Gasteiger partial charge is 0.452 e. The van der Waals surface area contributed by atoms with Gasteiger partial charge in [-0.3, -0.25) is 9.78 Å². The monoisotopic (exact) mass is 342 g/mol. The number of fused-ring (bicyclic) bond motifs is 1. The van der Waals surface area contributed by atoms with Crippen molar-refractivity contribution in [3.05, 3.63) is 41.1 Å². The summed E-state index contributed by atoms with van der Waals surface area (Å²) < 4.78 is 10.7. The van der Waals surface area contributed by atoms with Gasteiger partial charge in [-0.05, 0) is 39.0 Å². The van der Waals surface area contributed by atoms with Crippen LogP contribution in [-0.2, 0) is 14.3 Å². The fourth-order valence-electron chi connectivity index (χ4n) is 2.98. The molecule has 1 aliphatic heterocycles. The summed E-state index contributed by atoms with van der Waals surface area (Å²) in [5, 5.41) is 0.739. The molecule has 0 saturated carbocycles. The third-order valence-electron chi connectivity index (χ3n) is 4.23. The molecular weight excluding hydrogens is 320 g/mol. The van der Waals surface area contributed by atoms with Crippen molar-refractivity contribution in [2.45, 2.75) is 26.9 Å². The van der Waals surface area contributed by atoms with Crippen LogP contribution in [-0.4, -0.2) is 54.2 Å². The van der Waals surface area contributed by atoms with E-state index in [2.05, 4.69) is 4.98 Å². The molecule has 2 aromatic rings. The fraction of sp³-hybridized carbons (Fsp3) is 0.421. The van der Waals surface area contributed by atoms with Crippen LogP contribution in [0.15, 0.2) is 24.3 Å². The van der Waals surface area contributed by atoms with Gasteiger partial charge in [-0.1, -0.05) is 11.6 Å². The highest BCUT2D eigenvalue weighted by Crippen LogP contribution is 2.21. The van der Waals surface area contributed by atoms with Crippen molar-refractivity contribution in [1.82, 2.24) is 9.88 Å². The van der Waals surface area contributed by atoms with E-state index in [9.17, 15) is 9.59 Å². The van der Waals surface area contributed by atoms with Crippen LogP contribution >= 0.6 is 0 Å². The maximum Gasteiger partial charge on any atom is 0.339 e. The second-order valence-corrected chi connectivity index (χ2v) is 6.43. The lowest BCUT2D eigenvalue weighted by molar-refractivity contribution is -0.141. The Bertz CT molecular complexity index is 818. The molecule has 2 heterocycles. The minimum atomic E-state index is -0.504. The third-order valence-corrected chi connectivity index (χ3v) is 4.23. The highest BCUT2D eigenvalue weighted by Gasteiger charge is 2.23. The first kappa shape index (κ1) is 17.4. The van der Waals surface area contributed by atoms with Crippen molar-refractivity contribution < 1.29 is 19.1 Å². The predicted octanol–water partition coefficient (Wildman–Crippen LogP) is 2.26. The summed E-state index contributed by atoms with van der Waals surface area (Å²) in [6.07, 6.45) is 0.00293. The smallest absolute Gasteiger partial charge is 0.339 e. The van der Waals surface area contributed by atoms with E-state index in [4.69, 9.17) is 9.47 Å². The van der Waals surface area contributed by atoms with Crippen molar-refractivity contribution in [2.24, 2.45) is 0 Å². The molecule has 1 aromatic carbocycles. The maximum absolute atomic E-state index is 12.5. The number of esters is 1. The molecule has 132 valence electrons. The van der Waals surface area contributed by atoms with Crippen LogP contribution in [0.2, 0.25) is 0 Å². The number of aryl methyl sites for hydroxylation is 2. The summed E-state index contributed by atoms with van der Waals surface area (Å²) in [5.41, 5.74) is 2.95. The van der Waals surface area contributed by atoms with Gasteiger partial charge in [0.2, 0.25) is 0 Å². The van der Waals surface area contributed by atoms with Gasteiger partial charge in [0.05, 0.1) is 23.8 Å². The zero-order chi connectivity index (χ0) is 18.0. The highest BCUT2D eigenvalue weighted by molar-refractivity contribution is 6.04. The van der Waals surface area contributed by atoms with Crippen LogP contribution in [0.1, 0.15) is 28.5 Å². The second-order valence-electron chi connectivity index (χ2n) is 6.43. The molecule has 6 nitrogen and oxygen atoms in total. The van der Waals surface area contributed by atoms with E-state index in [1.807, 2.05) is 39.0 Å². The van der Waals surface area contributed by atoms with Crippen LogP contribution in [0.25, 0.3) is 10.9 Å². The number of pyridine rings is 1. The number of ether oxygens (including phenoxy) is 2. The number of rotatable bonds is 3. The maximum atomic E-state index is 12.5. The first-order valence-corrected chi connectivity index (χ1v) is 8.38. The molecule has 0 spiro atoms. The number of morpholine rings is 1. The number of benzene rings is 1. The van der Waals surface area contributed by atoms with Crippen LogP contribution in [0.3, 0.4) is 0 Å². The van der Waals surface area contributed by atoms with Gasteiger partial charge in [-0.25, -0.2) is 4.79 Å². The number of aromatic nitrogens is 1. The second kappa shape index (κ2) is 7.19. The predicted molar refractivity (Wildman–Crippen MR) is 93.5 cm³/mol. The molecule has 1 aromatic heterocycles. The molecular formula is C19H22N2O4. The molecule has 1 amide bonds. The first-order valence-electron chi connectivity index (χ1n) is 8.38. The molecule has 0 bridgehead atoms. The SMILES string of the molecule is Cc1ccc2nc(C)cc(C(=O)OCC(=O)N3CCOC(C)C3)c2c1. The normalized spacial score (nSPS) is 17.6. The molecule has 1 fully saturated rings. The van der Waals surface area contributed by atoms with Crippen LogP contribution in [0.4, 0.5) is 0 Å². The van der Waals surface area contributed by atoms with Crippen LogP contribution in [0.5, 0.6) is 0 Å². The van der Waals surface area contributed by atoms with Crippen LogP contribution in [0, 0.1) is 13.8 Å². The van der Waals surface area contributed by atoms with Crippen molar-refractivity contribution in [3.8, 4) is 0 Å². The van der Waals surface area contributed by atoms with Gasteiger partial charge in [0.1, 0.15) is 0 Å². The van der Waals surface area contributed by atoms with Gasteiger partial charge >= 0.3 is 5.97 Å². The Morgan fingerprint density at radius 1 is 1.32 bits per heavy atom. The average molecular weight is 342 g/mol. The van der Waals surface area contributed by atoms with E-state index in [1.165, 1.54) is 0 Å². The zero-order valence-electron chi connectivity index (χ0n) is 14.7. The summed E-state index contributed by atoms with van der Waals surface area (Å²) in [7, 11) is 0. The Hall–Kier alpha value is -2.47. The van der Waals surface area contributed by atoms with Gasteiger partial charge in [-0.15, -0.1) is 0 Å². The summed E-state index contributed by atoms with van der Waals surface area (Å²) in [6.45, 7) is 6.99. The molecule has 25 heavy (non-hydrogen) atoms. The lowest BCUT2D eigenvalue weighted by Gasteiger charge is -2.30. The third kappa shape index (κ3) is 3.96. The summed E-state index contributed by atoms with van der Waals surface area (Å²) >= 11 is 0. The number of hydrogen-bond acceptors (Lipinski definition) is 5. The summed E-state index contributed by atoms with van der Waals surface area (Å²) in [4.78, 5) is 30.9. The van der Waals surface area contributed by atoms with E-state index in [-0.39, 0.29) is 18.6 Å². The fourth-order valence-corrected chi connectivity index (χ4v) is 2.98. The van der Waals surface area contributed by atoms with E-state index in [0.29, 0.717) is 25.3 Å². The molecule has 1 unspecified atom stereocenters. The van der Waals surface area contributed by atoms with Crippen LogP contribution < -0.4 is 0 Å². The molecule has 0 N–H and O–H groups in total. The minimum Gasteiger partial charge on any atom is -0.452 e. The van der Waals surface area contributed by atoms with Gasteiger partial charge in [0, 0.05) is 24.2 Å². The van der Waals surface area contributed by atoms with Gasteiger partial charge in [-0.2, -0.15) is 0 Å². The lowest BCUT2D eigenvalue weighted by atomic mass is 10.1. The van der Waals surface area contributed by atoms with E-state index >= 15 is 0 Å². The van der Waals surface area contributed by atoms with Gasteiger partial charge in [0.15, 0.2) is 6.61 Å². The number of nitrogens with zero attached hydrogens (tertiary/aromatic N) is 2. The lowest BCUT2D eigenvalue weighted by Crippen LogP contribution is -2.46. The van der Waals surface area contributed by atoms with Crippen molar-refractivity contribution in [1.29, 1.82) is 0 Å². The zero-order valence-corrected chi connectivity index (χ0v) is 14.7. The van der Waals surface area contributed by atoms with E-state index in [1.54, 1.807) is 11.0 Å². The Morgan fingerprint density at radius 2 is 2.12 bits per heavy atom. The molecule has 1 atom stereocenters. The molecule has 0 aliphatic carbocycles. The number of hydrogen-bond donors (Lipinski definition) is 0. The quantitative estimate of drug-likeness (QED) is 0.800. The Balaban J connectivity index is 1.74. The molecule has 1 saturated heterocycles. The standard InChI is InChI=1S/C19H22N2O4/c1-12-4-5-17-15(8-12)16(9-13(2)20-17)19(23)25-11-18(22)21-6-7-24-14(3)10-21/h4-5,8-9,14H,6-7,10-11H2,1-3H3. The van der Waals surface area contributed by atoms with Gasteiger partial charge < -0.3 is 14.4 Å². The first-order chi connectivity index (χ1) is 11.9. The summed E-state index contributed by atoms with van der Waals surface area (Å²) in [5.74, 6) is -0.703. The molecule has 1 aliphatic rings. The molecule has 3 rings (SSSR count).